The molecule has 0 amide bonds. The molecule has 0 bridgehead atoms. The number of ether oxygens (including phenoxy) is 1. The third kappa shape index (κ3) is 4.42. The first kappa shape index (κ1) is 22.1. The lowest BCUT2D eigenvalue weighted by Crippen LogP contribution is -2.17. The standard InChI is InChI=1S/C25H25N3O3.ClH/c1-17-5-6-18(14-26-17)16-30-20-9-11-28(25(29)13-20)19-7-8-21-22-15-27(2)10-3-4-23(22)31-24(21)12-19;/h5-9,11-14H,3-4,10,15-16H2,1-2H3;1H. The van der Waals surface area contributed by atoms with Gasteiger partial charge < -0.3 is 14.1 Å². The number of aromatic nitrogens is 2. The Labute approximate surface area is 192 Å². The number of fused-ring (bicyclic) bond motifs is 3. The van der Waals surface area contributed by atoms with Gasteiger partial charge in [0, 0.05) is 59.7 Å². The highest BCUT2D eigenvalue weighted by molar-refractivity contribution is 5.85. The van der Waals surface area contributed by atoms with E-state index < -0.39 is 0 Å². The van der Waals surface area contributed by atoms with Gasteiger partial charge in [-0.1, -0.05) is 6.07 Å². The van der Waals surface area contributed by atoms with Crippen molar-refractivity contribution in [2.24, 2.45) is 0 Å². The molecule has 1 aliphatic rings. The Morgan fingerprint density at radius 3 is 2.81 bits per heavy atom. The van der Waals surface area contributed by atoms with Gasteiger partial charge in [0.2, 0.25) is 0 Å². The number of aryl methyl sites for hydroxylation is 2. The van der Waals surface area contributed by atoms with Gasteiger partial charge in [-0.3, -0.25) is 14.3 Å². The highest BCUT2D eigenvalue weighted by Crippen LogP contribution is 2.31. The van der Waals surface area contributed by atoms with E-state index in [1.54, 1.807) is 23.0 Å². The summed E-state index contributed by atoms with van der Waals surface area (Å²) in [6.45, 7) is 4.28. The quantitative estimate of drug-likeness (QED) is 0.451. The molecule has 0 unspecified atom stereocenters. The van der Waals surface area contributed by atoms with Crippen molar-refractivity contribution in [1.82, 2.24) is 14.5 Å². The molecular formula is C25H26ClN3O3. The number of furan rings is 1. The molecule has 0 saturated carbocycles. The van der Waals surface area contributed by atoms with Gasteiger partial charge in [-0.05, 0) is 51.2 Å². The molecule has 4 heterocycles. The van der Waals surface area contributed by atoms with Crippen LogP contribution in [0.5, 0.6) is 5.75 Å². The number of pyridine rings is 2. The van der Waals surface area contributed by atoms with Crippen LogP contribution < -0.4 is 10.3 Å². The van der Waals surface area contributed by atoms with E-state index in [1.165, 1.54) is 11.6 Å². The molecule has 0 atom stereocenters. The SMILES string of the molecule is Cc1ccc(COc2ccn(-c3ccc4c5c(oc4c3)CCCN(C)C5)c(=O)c2)cn1.Cl. The lowest BCUT2D eigenvalue weighted by atomic mass is 10.1. The van der Waals surface area contributed by atoms with Crippen molar-refractivity contribution in [1.29, 1.82) is 0 Å². The molecule has 1 aliphatic heterocycles. The lowest BCUT2D eigenvalue weighted by Gasteiger charge is -2.12. The van der Waals surface area contributed by atoms with E-state index in [-0.39, 0.29) is 18.0 Å². The third-order valence-electron chi connectivity index (χ3n) is 5.78. The molecular weight excluding hydrogens is 426 g/mol. The van der Waals surface area contributed by atoms with Gasteiger partial charge in [-0.25, -0.2) is 0 Å². The predicted octanol–water partition coefficient (Wildman–Crippen LogP) is 4.67. The molecule has 0 N–H and O–H groups in total. The van der Waals surface area contributed by atoms with Gasteiger partial charge in [0.15, 0.2) is 0 Å². The van der Waals surface area contributed by atoms with E-state index in [0.717, 1.165) is 59.6 Å². The maximum absolute atomic E-state index is 12.7. The first-order chi connectivity index (χ1) is 15.1. The van der Waals surface area contributed by atoms with Gasteiger partial charge in [-0.15, -0.1) is 12.4 Å². The fourth-order valence-corrected chi connectivity index (χ4v) is 4.09. The number of rotatable bonds is 4. The van der Waals surface area contributed by atoms with Crippen molar-refractivity contribution in [3.63, 3.8) is 0 Å². The molecule has 32 heavy (non-hydrogen) atoms. The maximum atomic E-state index is 12.7. The molecule has 5 rings (SSSR count). The normalized spacial score (nSPS) is 13.9. The van der Waals surface area contributed by atoms with Crippen LogP contribution in [-0.4, -0.2) is 28.0 Å². The molecule has 3 aromatic heterocycles. The second-order valence-corrected chi connectivity index (χ2v) is 8.19. The van der Waals surface area contributed by atoms with E-state index in [2.05, 4.69) is 23.0 Å². The molecule has 7 heteroatoms. The molecule has 1 aromatic carbocycles. The van der Waals surface area contributed by atoms with Crippen molar-refractivity contribution in [3.8, 4) is 11.4 Å². The second kappa shape index (κ2) is 9.18. The Morgan fingerprint density at radius 1 is 1.16 bits per heavy atom. The number of halogens is 1. The second-order valence-electron chi connectivity index (χ2n) is 8.19. The van der Waals surface area contributed by atoms with Gasteiger partial charge >= 0.3 is 0 Å². The van der Waals surface area contributed by atoms with Gasteiger partial charge in [-0.2, -0.15) is 0 Å². The van der Waals surface area contributed by atoms with Crippen molar-refractivity contribution in [3.05, 3.63) is 87.8 Å². The fraction of sp³-hybridized carbons (Fsp3) is 0.280. The minimum absolute atomic E-state index is 0. The molecule has 6 nitrogen and oxygen atoms in total. The van der Waals surface area contributed by atoms with Crippen LogP contribution in [-0.2, 0) is 19.6 Å². The maximum Gasteiger partial charge on any atom is 0.258 e. The van der Waals surface area contributed by atoms with Gasteiger partial charge in [0.05, 0.1) is 5.69 Å². The topological polar surface area (TPSA) is 60.5 Å². The minimum atomic E-state index is -0.147. The summed E-state index contributed by atoms with van der Waals surface area (Å²) in [5, 5.41) is 1.13. The molecule has 0 radical (unpaired) electrons. The average Bonchev–Trinajstić information content (AvgIpc) is 2.98. The van der Waals surface area contributed by atoms with Crippen molar-refractivity contribution >= 4 is 23.4 Å². The molecule has 4 aromatic rings. The highest BCUT2D eigenvalue weighted by atomic mass is 35.5. The van der Waals surface area contributed by atoms with Crippen LogP contribution in [0.4, 0.5) is 0 Å². The Kier molecular flexibility index (Phi) is 6.35. The van der Waals surface area contributed by atoms with Gasteiger partial charge in [0.25, 0.3) is 5.56 Å². The summed E-state index contributed by atoms with van der Waals surface area (Å²) < 4.78 is 13.6. The fourth-order valence-electron chi connectivity index (χ4n) is 4.09. The average molecular weight is 452 g/mol. The first-order valence-corrected chi connectivity index (χ1v) is 10.6. The number of hydrogen-bond donors (Lipinski definition) is 0. The summed E-state index contributed by atoms with van der Waals surface area (Å²) in [7, 11) is 2.14. The van der Waals surface area contributed by atoms with Crippen LogP contribution in [0.1, 0.15) is 29.0 Å². The van der Waals surface area contributed by atoms with Crippen molar-refractivity contribution < 1.29 is 9.15 Å². The first-order valence-electron chi connectivity index (χ1n) is 10.6. The Bertz CT molecular complexity index is 1290. The van der Waals surface area contributed by atoms with E-state index >= 15 is 0 Å². The van der Waals surface area contributed by atoms with Crippen LogP contribution in [0.2, 0.25) is 0 Å². The van der Waals surface area contributed by atoms with Crippen LogP contribution in [0.25, 0.3) is 16.7 Å². The lowest BCUT2D eigenvalue weighted by molar-refractivity contribution is 0.304. The molecule has 166 valence electrons. The summed E-state index contributed by atoms with van der Waals surface area (Å²) >= 11 is 0. The van der Waals surface area contributed by atoms with Crippen LogP contribution in [0.3, 0.4) is 0 Å². The predicted molar refractivity (Wildman–Crippen MR) is 127 cm³/mol. The number of hydrogen-bond acceptors (Lipinski definition) is 5. The largest absolute Gasteiger partial charge is 0.489 e. The zero-order valence-electron chi connectivity index (χ0n) is 18.2. The van der Waals surface area contributed by atoms with E-state index in [0.29, 0.717) is 12.4 Å². The Hall–Kier alpha value is -3.09. The summed E-state index contributed by atoms with van der Waals surface area (Å²) in [5.41, 5.74) is 4.66. The zero-order chi connectivity index (χ0) is 21.4. The molecule has 0 fully saturated rings. The van der Waals surface area contributed by atoms with Crippen LogP contribution in [0, 0.1) is 6.92 Å². The van der Waals surface area contributed by atoms with Crippen molar-refractivity contribution in [2.75, 3.05) is 13.6 Å². The minimum Gasteiger partial charge on any atom is -0.489 e. The summed E-state index contributed by atoms with van der Waals surface area (Å²) in [5.74, 6) is 1.61. The monoisotopic (exact) mass is 451 g/mol. The smallest absolute Gasteiger partial charge is 0.258 e. The molecule has 0 aliphatic carbocycles. The molecule has 0 spiro atoms. The third-order valence-corrected chi connectivity index (χ3v) is 5.78. The summed E-state index contributed by atoms with van der Waals surface area (Å²) in [4.78, 5) is 19.3. The number of benzene rings is 1. The Balaban J connectivity index is 0.00000245. The Morgan fingerprint density at radius 2 is 2.03 bits per heavy atom. The summed E-state index contributed by atoms with van der Waals surface area (Å²) in [6.07, 6.45) is 5.57. The van der Waals surface area contributed by atoms with E-state index in [9.17, 15) is 4.79 Å². The van der Waals surface area contributed by atoms with E-state index in [1.807, 2.05) is 31.2 Å². The zero-order valence-corrected chi connectivity index (χ0v) is 19.0. The van der Waals surface area contributed by atoms with Crippen molar-refractivity contribution in [2.45, 2.75) is 32.9 Å². The van der Waals surface area contributed by atoms with Gasteiger partial charge in [0.1, 0.15) is 23.7 Å². The summed E-state index contributed by atoms with van der Waals surface area (Å²) in [6, 6.07) is 13.2. The van der Waals surface area contributed by atoms with Crippen LogP contribution >= 0.6 is 12.4 Å². The number of nitrogens with zero attached hydrogens (tertiary/aromatic N) is 3. The van der Waals surface area contributed by atoms with E-state index in [4.69, 9.17) is 9.15 Å². The van der Waals surface area contributed by atoms with Crippen LogP contribution in [0.15, 0.2) is 64.1 Å². The highest BCUT2D eigenvalue weighted by Gasteiger charge is 2.19. The molecule has 0 saturated heterocycles.